The first kappa shape index (κ1) is 20.9. The molecule has 1 unspecified atom stereocenters. The van der Waals surface area contributed by atoms with Crippen molar-refractivity contribution in [1.82, 2.24) is 10.6 Å². The number of carbonyl (C=O) groups is 2. The van der Waals surface area contributed by atoms with E-state index in [1.807, 2.05) is 13.8 Å². The number of rotatable bonds is 9. The van der Waals surface area contributed by atoms with Gasteiger partial charge in [-0.3, -0.25) is 9.59 Å². The van der Waals surface area contributed by atoms with E-state index >= 15 is 0 Å². The topological polar surface area (TPSA) is 58.2 Å². The van der Waals surface area contributed by atoms with Crippen molar-refractivity contribution in [3.63, 3.8) is 0 Å². The fourth-order valence-electron chi connectivity index (χ4n) is 2.14. The van der Waals surface area contributed by atoms with Crippen molar-refractivity contribution in [3.05, 3.63) is 0 Å². The van der Waals surface area contributed by atoms with Gasteiger partial charge in [0.2, 0.25) is 11.8 Å². The van der Waals surface area contributed by atoms with Crippen molar-refractivity contribution in [1.29, 1.82) is 0 Å². The van der Waals surface area contributed by atoms with Gasteiger partial charge >= 0.3 is 0 Å². The minimum atomic E-state index is -0.436. The van der Waals surface area contributed by atoms with Gasteiger partial charge in [0.1, 0.15) is 6.04 Å². The summed E-state index contributed by atoms with van der Waals surface area (Å²) in [5.41, 5.74) is 0.313. The molecule has 0 rings (SSSR count). The number of hydrogen-bond acceptors (Lipinski definition) is 2. The Labute approximate surface area is 136 Å². The van der Waals surface area contributed by atoms with Gasteiger partial charge < -0.3 is 10.6 Å². The van der Waals surface area contributed by atoms with Gasteiger partial charge in [0, 0.05) is 13.0 Å². The summed E-state index contributed by atoms with van der Waals surface area (Å²) >= 11 is 0. The summed E-state index contributed by atoms with van der Waals surface area (Å²) in [5.74, 6) is 0.398. The third kappa shape index (κ3) is 10.6. The van der Waals surface area contributed by atoms with Gasteiger partial charge in [-0.1, -0.05) is 54.9 Å². The summed E-state index contributed by atoms with van der Waals surface area (Å²) in [5, 5.41) is 5.79. The second-order valence-corrected chi connectivity index (χ2v) is 8.20. The first-order valence-corrected chi connectivity index (χ1v) is 8.60. The van der Waals surface area contributed by atoms with Crippen LogP contribution in [0.1, 0.15) is 74.1 Å². The normalized spacial score (nSPS) is 13.3. The summed E-state index contributed by atoms with van der Waals surface area (Å²) in [7, 11) is 0. The molecule has 0 radical (unpaired) electrons. The number of amides is 2. The van der Waals surface area contributed by atoms with Crippen LogP contribution in [0.25, 0.3) is 0 Å². The largest absolute Gasteiger partial charge is 0.354 e. The molecule has 0 spiro atoms. The van der Waals surface area contributed by atoms with Gasteiger partial charge in [0.25, 0.3) is 0 Å². The van der Waals surface area contributed by atoms with E-state index in [-0.39, 0.29) is 17.7 Å². The predicted molar refractivity (Wildman–Crippen MR) is 92.5 cm³/mol. The maximum atomic E-state index is 12.2. The van der Waals surface area contributed by atoms with Gasteiger partial charge in [-0.15, -0.1) is 0 Å². The summed E-state index contributed by atoms with van der Waals surface area (Å²) < 4.78 is 0. The van der Waals surface area contributed by atoms with Crippen molar-refractivity contribution < 1.29 is 9.59 Å². The molecule has 0 saturated heterocycles. The molecule has 0 aliphatic carbocycles. The molecule has 0 aromatic heterocycles. The number of nitrogens with one attached hydrogen (secondary N) is 2. The lowest BCUT2D eigenvalue weighted by atomic mass is 9.89. The molecule has 0 fully saturated rings. The Kier molecular flexibility index (Phi) is 9.38. The summed E-state index contributed by atoms with van der Waals surface area (Å²) in [6.07, 6.45) is 3.53. The molecule has 22 heavy (non-hydrogen) atoms. The lowest BCUT2D eigenvalue weighted by molar-refractivity contribution is -0.130. The highest BCUT2D eigenvalue weighted by molar-refractivity contribution is 5.87. The second kappa shape index (κ2) is 9.86. The molecule has 0 aromatic carbocycles. The van der Waals surface area contributed by atoms with E-state index in [2.05, 4.69) is 45.3 Å². The van der Waals surface area contributed by atoms with Crippen molar-refractivity contribution >= 4 is 11.8 Å². The highest BCUT2D eigenvalue weighted by Crippen LogP contribution is 2.21. The summed E-state index contributed by atoms with van der Waals surface area (Å²) in [6.45, 7) is 15.3. The van der Waals surface area contributed by atoms with Crippen LogP contribution in [-0.2, 0) is 9.59 Å². The number of carbonyl (C=O) groups excluding carboxylic acids is 2. The maximum absolute atomic E-state index is 12.2. The Balaban J connectivity index is 4.21. The smallest absolute Gasteiger partial charge is 0.242 e. The van der Waals surface area contributed by atoms with Gasteiger partial charge in [-0.2, -0.15) is 0 Å². The molecule has 2 N–H and O–H groups in total. The molecule has 0 saturated carbocycles. The average Bonchev–Trinajstić information content (AvgIpc) is 2.36. The van der Waals surface area contributed by atoms with Crippen LogP contribution in [0.4, 0.5) is 0 Å². The van der Waals surface area contributed by atoms with Crippen LogP contribution in [0.2, 0.25) is 0 Å². The van der Waals surface area contributed by atoms with Crippen LogP contribution in [0.5, 0.6) is 0 Å². The zero-order chi connectivity index (χ0) is 17.3. The highest BCUT2D eigenvalue weighted by Gasteiger charge is 2.23. The zero-order valence-electron chi connectivity index (χ0n) is 15.6. The molecule has 0 aliphatic heterocycles. The SMILES string of the molecule is CC(C)CNC(=O)C(NC(=O)CCCCC(C)(C)C)C(C)C. The first-order valence-electron chi connectivity index (χ1n) is 8.60. The third-order valence-corrected chi connectivity index (χ3v) is 3.53. The molecule has 0 heterocycles. The summed E-state index contributed by atoms with van der Waals surface area (Å²) in [6, 6.07) is -0.436. The van der Waals surface area contributed by atoms with Crippen molar-refractivity contribution in [2.45, 2.75) is 80.2 Å². The van der Waals surface area contributed by atoms with Crippen molar-refractivity contribution in [2.75, 3.05) is 6.54 Å². The molecular formula is C18H36N2O2. The van der Waals surface area contributed by atoms with E-state index in [1.54, 1.807) is 0 Å². The van der Waals surface area contributed by atoms with E-state index < -0.39 is 6.04 Å². The minimum Gasteiger partial charge on any atom is -0.354 e. The fraction of sp³-hybridized carbons (Fsp3) is 0.889. The van der Waals surface area contributed by atoms with Gasteiger partial charge in [0.05, 0.1) is 0 Å². The molecule has 4 heteroatoms. The molecule has 130 valence electrons. The van der Waals surface area contributed by atoms with Gasteiger partial charge in [-0.05, 0) is 30.1 Å². The van der Waals surface area contributed by atoms with E-state index in [9.17, 15) is 9.59 Å². The van der Waals surface area contributed by atoms with Gasteiger partial charge in [-0.25, -0.2) is 0 Å². The minimum absolute atomic E-state index is 0.0210. The predicted octanol–water partition coefficient (Wildman–Crippen LogP) is 3.51. The van der Waals surface area contributed by atoms with Crippen molar-refractivity contribution in [3.8, 4) is 0 Å². The molecule has 1 atom stereocenters. The first-order chi connectivity index (χ1) is 10.0. The highest BCUT2D eigenvalue weighted by atomic mass is 16.2. The van der Waals surface area contributed by atoms with Crippen LogP contribution < -0.4 is 10.6 Å². The van der Waals surface area contributed by atoms with E-state index in [0.29, 0.717) is 24.3 Å². The Morgan fingerprint density at radius 3 is 2.05 bits per heavy atom. The van der Waals surface area contributed by atoms with Gasteiger partial charge in [0.15, 0.2) is 0 Å². The standard InChI is InChI=1S/C18H36N2O2/c1-13(2)12-19-17(22)16(14(3)4)20-15(21)10-8-9-11-18(5,6)7/h13-14,16H,8-12H2,1-7H3,(H,19,22)(H,20,21). The van der Waals surface area contributed by atoms with Crippen molar-refractivity contribution in [2.24, 2.45) is 17.3 Å². The lowest BCUT2D eigenvalue weighted by Crippen LogP contribution is -2.50. The second-order valence-electron chi connectivity index (χ2n) is 8.20. The third-order valence-electron chi connectivity index (χ3n) is 3.53. The maximum Gasteiger partial charge on any atom is 0.242 e. The Hall–Kier alpha value is -1.06. The van der Waals surface area contributed by atoms with E-state index in [4.69, 9.17) is 0 Å². The van der Waals surface area contributed by atoms with Crippen LogP contribution in [0, 0.1) is 17.3 Å². The van der Waals surface area contributed by atoms with Crippen LogP contribution in [-0.4, -0.2) is 24.4 Å². The van der Waals surface area contributed by atoms with E-state index in [1.165, 1.54) is 0 Å². The zero-order valence-corrected chi connectivity index (χ0v) is 15.6. The lowest BCUT2D eigenvalue weighted by Gasteiger charge is -2.22. The molecule has 0 aromatic rings. The average molecular weight is 312 g/mol. The Morgan fingerprint density at radius 2 is 1.59 bits per heavy atom. The molecule has 2 amide bonds. The quantitative estimate of drug-likeness (QED) is 0.640. The Morgan fingerprint density at radius 1 is 1.00 bits per heavy atom. The monoisotopic (exact) mass is 312 g/mol. The molecule has 4 nitrogen and oxygen atoms in total. The van der Waals surface area contributed by atoms with Crippen LogP contribution in [0.3, 0.4) is 0 Å². The molecule has 0 aliphatic rings. The summed E-state index contributed by atoms with van der Waals surface area (Å²) in [4.78, 5) is 24.2. The molecular weight excluding hydrogens is 276 g/mol. The molecule has 0 bridgehead atoms. The van der Waals surface area contributed by atoms with Crippen LogP contribution in [0.15, 0.2) is 0 Å². The number of hydrogen-bond donors (Lipinski definition) is 2. The Bertz CT molecular complexity index is 343. The number of unbranched alkanes of at least 4 members (excludes halogenated alkanes) is 1. The van der Waals surface area contributed by atoms with E-state index in [0.717, 1.165) is 19.3 Å². The fourth-order valence-corrected chi connectivity index (χ4v) is 2.14. The van der Waals surface area contributed by atoms with Crippen LogP contribution >= 0.6 is 0 Å².